The van der Waals surface area contributed by atoms with Crippen LogP contribution in [0, 0.1) is 11.3 Å². The number of aliphatic carboxylic acids is 1. The predicted octanol–water partition coefficient (Wildman–Crippen LogP) is 6.34. The Bertz CT molecular complexity index is 1460. The quantitative estimate of drug-likeness (QED) is 0.239. The number of halogens is 2. The number of nitrogens with zero attached hydrogens (tertiary/aromatic N) is 3. The molecule has 2 aromatic carbocycles. The molecule has 2 N–H and O–H groups in total. The molecule has 42 heavy (non-hydrogen) atoms. The summed E-state index contributed by atoms with van der Waals surface area (Å²) in [5, 5.41) is 11.0. The molecule has 1 amide bonds. The van der Waals surface area contributed by atoms with Gasteiger partial charge in [0.15, 0.2) is 0 Å². The number of benzene rings is 2. The fourth-order valence-electron chi connectivity index (χ4n) is 6.25. The maximum Gasteiger partial charge on any atom is 0.304 e. The fourth-order valence-corrected chi connectivity index (χ4v) is 7.10. The molecule has 1 aliphatic carbocycles. The number of carbonyl (C=O) groups excluding carboxylic acids is 1. The molecule has 0 radical (unpaired) electrons. The molecule has 3 aromatic rings. The highest BCUT2D eigenvalue weighted by molar-refractivity contribution is 7.76. The number of pyridine rings is 1. The van der Waals surface area contributed by atoms with Crippen molar-refractivity contribution < 1.29 is 23.5 Å². The van der Waals surface area contributed by atoms with Crippen molar-refractivity contribution in [1.82, 2.24) is 14.2 Å². The second-order valence-corrected chi connectivity index (χ2v) is 13.3. The topological polar surface area (TPSA) is 111 Å². The van der Waals surface area contributed by atoms with E-state index in [9.17, 15) is 23.5 Å². The molecule has 1 aliphatic heterocycles. The third-order valence-electron chi connectivity index (χ3n) is 8.33. The summed E-state index contributed by atoms with van der Waals surface area (Å²) >= 11 is 10.4. The van der Waals surface area contributed by atoms with Crippen LogP contribution in [0.1, 0.15) is 61.4 Å². The van der Waals surface area contributed by atoms with Gasteiger partial charge in [0.25, 0.3) is 0 Å². The number of rotatable bonds is 11. The SMILES string of the molecule is C[C@]1(CC(=O)O)CC(c2cccc(Cl)c2)[C@@H](c2ccc(Cl)cc2)N(C(CN(Cc2ccccn2)S(=O)O)C2CC2)C1=O. The summed E-state index contributed by atoms with van der Waals surface area (Å²) < 4.78 is 24.4. The van der Waals surface area contributed by atoms with Crippen molar-refractivity contribution in [2.75, 3.05) is 6.54 Å². The zero-order chi connectivity index (χ0) is 30.0. The highest BCUT2D eigenvalue weighted by Crippen LogP contribution is 2.54. The molecule has 2 aliphatic rings. The van der Waals surface area contributed by atoms with Crippen LogP contribution in [0.25, 0.3) is 0 Å². The van der Waals surface area contributed by atoms with Crippen LogP contribution in [0.15, 0.2) is 72.9 Å². The first kappa shape index (κ1) is 30.6. The van der Waals surface area contributed by atoms with Crippen LogP contribution in [-0.4, -0.2) is 52.5 Å². The number of carbonyl (C=O) groups is 2. The van der Waals surface area contributed by atoms with Gasteiger partial charge in [0.2, 0.25) is 17.2 Å². The number of piperidine rings is 1. The minimum absolute atomic E-state index is 0.0886. The van der Waals surface area contributed by atoms with Crippen LogP contribution in [-0.2, 0) is 27.4 Å². The lowest BCUT2D eigenvalue weighted by Gasteiger charge is -2.52. The Kier molecular flexibility index (Phi) is 9.34. The van der Waals surface area contributed by atoms with Gasteiger partial charge in [0, 0.05) is 34.7 Å². The summed E-state index contributed by atoms with van der Waals surface area (Å²) in [6.07, 6.45) is 3.30. The second kappa shape index (κ2) is 12.8. The standard InChI is InChI=1S/C31H33Cl2N3O5S/c1-31(17-28(37)38)16-26(22-5-4-6-24(33)15-22)29(21-10-12-23(32)13-11-21)36(30(31)39)27(20-8-9-20)19-35(42(40)41)18-25-7-2-3-14-34-25/h2-7,10-15,20,26-27,29H,8-9,16-19H2,1H3,(H,37,38)(H,40,41)/t26?,27?,29-,31-/m1/s1. The smallest absolute Gasteiger partial charge is 0.304 e. The number of hydrogen-bond acceptors (Lipinski definition) is 4. The molecule has 3 unspecified atom stereocenters. The number of amides is 1. The van der Waals surface area contributed by atoms with Gasteiger partial charge in [-0.05, 0) is 72.7 Å². The molecule has 8 nitrogen and oxygen atoms in total. The minimum Gasteiger partial charge on any atom is -0.481 e. The highest BCUT2D eigenvalue weighted by atomic mass is 35.5. The van der Waals surface area contributed by atoms with Crippen LogP contribution in [0.2, 0.25) is 10.0 Å². The van der Waals surface area contributed by atoms with E-state index in [1.54, 1.807) is 43.5 Å². The Morgan fingerprint density at radius 3 is 2.43 bits per heavy atom. The summed E-state index contributed by atoms with van der Waals surface area (Å²) in [6, 6.07) is 19.3. The Balaban J connectivity index is 1.64. The first-order chi connectivity index (χ1) is 20.1. The summed E-state index contributed by atoms with van der Waals surface area (Å²) in [7, 11) is 0. The summed E-state index contributed by atoms with van der Waals surface area (Å²) in [4.78, 5) is 32.8. The first-order valence-electron chi connectivity index (χ1n) is 13.9. The average Bonchev–Trinajstić information content (AvgIpc) is 3.79. The number of carboxylic acid groups (broad SMARTS) is 1. The Hall–Kier alpha value is -2.82. The van der Waals surface area contributed by atoms with Gasteiger partial charge < -0.3 is 10.0 Å². The van der Waals surface area contributed by atoms with Crippen LogP contribution in [0.3, 0.4) is 0 Å². The van der Waals surface area contributed by atoms with Crippen molar-refractivity contribution in [3.63, 3.8) is 0 Å². The molecule has 0 spiro atoms. The van der Waals surface area contributed by atoms with Gasteiger partial charge in [0.1, 0.15) is 0 Å². The van der Waals surface area contributed by atoms with Gasteiger partial charge in [-0.25, -0.2) is 4.21 Å². The van der Waals surface area contributed by atoms with E-state index >= 15 is 0 Å². The molecule has 5 atom stereocenters. The molecule has 11 heteroatoms. The number of likely N-dealkylation sites (tertiary alicyclic amines) is 1. The minimum atomic E-state index is -2.34. The third-order valence-corrected chi connectivity index (χ3v) is 9.54. The lowest BCUT2D eigenvalue weighted by Crippen LogP contribution is -2.59. The van der Waals surface area contributed by atoms with Crippen molar-refractivity contribution >= 4 is 46.3 Å². The van der Waals surface area contributed by atoms with Gasteiger partial charge in [-0.2, -0.15) is 4.31 Å². The monoisotopic (exact) mass is 629 g/mol. The van der Waals surface area contributed by atoms with Crippen molar-refractivity contribution in [1.29, 1.82) is 0 Å². The molecule has 5 rings (SSSR count). The van der Waals surface area contributed by atoms with Crippen LogP contribution in [0.4, 0.5) is 0 Å². The lowest BCUT2D eigenvalue weighted by atomic mass is 9.67. The van der Waals surface area contributed by atoms with Gasteiger partial charge in [-0.1, -0.05) is 60.5 Å². The van der Waals surface area contributed by atoms with E-state index in [4.69, 9.17) is 23.2 Å². The van der Waals surface area contributed by atoms with Gasteiger partial charge in [-0.3, -0.25) is 19.1 Å². The van der Waals surface area contributed by atoms with E-state index in [0.29, 0.717) is 22.2 Å². The molecule has 2 fully saturated rings. The van der Waals surface area contributed by atoms with Gasteiger partial charge in [0.05, 0.1) is 30.1 Å². The summed E-state index contributed by atoms with van der Waals surface area (Å²) in [6.45, 7) is 1.95. The average molecular weight is 631 g/mol. The first-order valence-corrected chi connectivity index (χ1v) is 15.7. The highest BCUT2D eigenvalue weighted by Gasteiger charge is 2.54. The number of aromatic nitrogens is 1. The maximum absolute atomic E-state index is 14.6. The molecule has 1 saturated heterocycles. The van der Waals surface area contributed by atoms with E-state index < -0.39 is 34.7 Å². The second-order valence-electron chi connectivity index (χ2n) is 11.5. The fraction of sp³-hybridized carbons (Fsp3) is 0.387. The van der Waals surface area contributed by atoms with Crippen molar-refractivity contribution in [2.45, 2.75) is 57.2 Å². The Labute approximate surface area is 258 Å². The van der Waals surface area contributed by atoms with E-state index in [1.807, 2.05) is 41.3 Å². The van der Waals surface area contributed by atoms with E-state index in [1.165, 1.54) is 4.31 Å². The van der Waals surface area contributed by atoms with Gasteiger partial charge >= 0.3 is 5.97 Å². The molecule has 222 valence electrons. The van der Waals surface area contributed by atoms with E-state index in [-0.39, 0.29) is 37.3 Å². The van der Waals surface area contributed by atoms with Crippen molar-refractivity contribution in [3.8, 4) is 0 Å². The Morgan fingerprint density at radius 2 is 1.83 bits per heavy atom. The molecule has 0 bridgehead atoms. The zero-order valence-corrected chi connectivity index (χ0v) is 25.4. The van der Waals surface area contributed by atoms with E-state index in [2.05, 4.69) is 4.98 Å². The Morgan fingerprint density at radius 1 is 1.10 bits per heavy atom. The molecular formula is C31H33Cl2N3O5S. The zero-order valence-electron chi connectivity index (χ0n) is 23.1. The van der Waals surface area contributed by atoms with Crippen molar-refractivity contribution in [3.05, 3.63) is 99.8 Å². The summed E-state index contributed by atoms with van der Waals surface area (Å²) in [5.74, 6) is -1.54. The third kappa shape index (κ3) is 6.87. The molecular weight excluding hydrogens is 597 g/mol. The normalized spacial score (nSPS) is 24.0. The van der Waals surface area contributed by atoms with Crippen LogP contribution < -0.4 is 0 Å². The number of carboxylic acids is 1. The predicted molar refractivity (Wildman–Crippen MR) is 162 cm³/mol. The largest absolute Gasteiger partial charge is 0.481 e. The van der Waals surface area contributed by atoms with E-state index in [0.717, 1.165) is 24.0 Å². The molecule has 1 saturated carbocycles. The van der Waals surface area contributed by atoms with Gasteiger partial charge in [-0.15, -0.1) is 0 Å². The van der Waals surface area contributed by atoms with Crippen LogP contribution >= 0.6 is 23.2 Å². The maximum atomic E-state index is 14.6. The lowest BCUT2D eigenvalue weighted by molar-refractivity contribution is -0.161. The molecule has 1 aromatic heterocycles. The van der Waals surface area contributed by atoms with Crippen LogP contribution in [0.5, 0.6) is 0 Å². The number of hydrogen-bond donors (Lipinski definition) is 2. The molecule has 2 heterocycles. The summed E-state index contributed by atoms with van der Waals surface area (Å²) in [5.41, 5.74) is 1.16. The van der Waals surface area contributed by atoms with Crippen molar-refractivity contribution in [2.24, 2.45) is 11.3 Å².